The minimum absolute atomic E-state index is 0.00786. The van der Waals surface area contributed by atoms with Crippen molar-refractivity contribution in [2.45, 2.75) is 68.7 Å². The lowest BCUT2D eigenvalue weighted by Gasteiger charge is -2.53. The number of methoxy groups -OCH3 is 1. The van der Waals surface area contributed by atoms with E-state index in [-0.39, 0.29) is 22.5 Å². The molecule has 1 fully saturated rings. The molecule has 1 aromatic heterocycles. The van der Waals surface area contributed by atoms with Crippen LogP contribution in [-0.4, -0.2) is 34.0 Å². The molecule has 192 valence electrons. The van der Waals surface area contributed by atoms with Crippen LogP contribution in [0.5, 0.6) is 5.75 Å². The lowest BCUT2D eigenvalue weighted by Crippen LogP contribution is -2.59. The summed E-state index contributed by atoms with van der Waals surface area (Å²) in [6.07, 6.45) is -1.45. The highest BCUT2D eigenvalue weighted by atomic mass is 19.4. The van der Waals surface area contributed by atoms with Crippen LogP contribution in [0.3, 0.4) is 0 Å². The van der Waals surface area contributed by atoms with Gasteiger partial charge in [-0.1, -0.05) is 25.3 Å². The zero-order chi connectivity index (χ0) is 25.9. The third-order valence-corrected chi connectivity index (χ3v) is 7.66. The summed E-state index contributed by atoms with van der Waals surface area (Å²) in [5.74, 6) is -1.14. The molecule has 2 N–H and O–H groups in total. The molecule has 2 aromatic carbocycles. The number of benzene rings is 2. The van der Waals surface area contributed by atoms with Crippen molar-refractivity contribution >= 4 is 16.6 Å². The highest BCUT2D eigenvalue weighted by Crippen LogP contribution is 2.60. The number of aryl methyl sites for hydroxylation is 1. The first-order valence-corrected chi connectivity index (χ1v) is 11.8. The first-order valence-electron chi connectivity index (χ1n) is 11.8. The Morgan fingerprint density at radius 2 is 1.83 bits per heavy atom. The molecular weight excluding hydrogens is 481 g/mol. The van der Waals surface area contributed by atoms with Crippen LogP contribution in [0.15, 0.2) is 30.5 Å². The molecule has 0 unspecified atom stereocenters. The van der Waals surface area contributed by atoms with Crippen molar-refractivity contribution in [3.8, 4) is 5.75 Å². The highest BCUT2D eigenvalue weighted by Gasteiger charge is 2.66. The molecule has 3 aromatic rings. The molecule has 0 bridgehead atoms. The number of nitrogens with one attached hydrogen (secondary N) is 1. The standard InChI is InChI=1S/C26H26F5N3O2/c1-14-32-12-17-19(33-14)10-15(27)11-20(17)34-23-16-6-7-18(28)22(36-2)21(16)24(8-4-3-5-9-24)13-25(23,35)26(29,30)31/h6-7,10-12,23,34-35H,3-5,8-9,13H2,1-2H3/t23-,25-/m0/s1. The second-order valence-electron chi connectivity index (χ2n) is 9.87. The molecule has 1 spiro atoms. The van der Waals surface area contributed by atoms with Crippen molar-refractivity contribution in [2.24, 2.45) is 0 Å². The average Bonchev–Trinajstić information content (AvgIpc) is 2.81. The molecule has 5 nitrogen and oxygen atoms in total. The second kappa shape index (κ2) is 8.54. The predicted molar refractivity (Wildman–Crippen MR) is 124 cm³/mol. The van der Waals surface area contributed by atoms with Gasteiger partial charge in [-0.3, -0.25) is 0 Å². The number of fused-ring (bicyclic) bond motifs is 3. The molecule has 36 heavy (non-hydrogen) atoms. The number of alkyl halides is 3. The maximum absolute atomic E-state index is 14.9. The van der Waals surface area contributed by atoms with Gasteiger partial charge in [0, 0.05) is 34.3 Å². The smallest absolute Gasteiger partial charge is 0.419 e. The number of halogens is 5. The van der Waals surface area contributed by atoms with Gasteiger partial charge in [-0.2, -0.15) is 13.2 Å². The molecular formula is C26H26F5N3O2. The largest absolute Gasteiger partial charge is 0.493 e. The monoisotopic (exact) mass is 507 g/mol. The van der Waals surface area contributed by atoms with Gasteiger partial charge in [-0.15, -0.1) is 0 Å². The third kappa shape index (κ3) is 3.77. The Balaban J connectivity index is 1.77. The number of ether oxygens (including phenoxy) is 1. The number of hydrogen-bond acceptors (Lipinski definition) is 5. The summed E-state index contributed by atoms with van der Waals surface area (Å²) in [5.41, 5.74) is -3.72. The lowest BCUT2D eigenvalue weighted by molar-refractivity contribution is -0.277. The van der Waals surface area contributed by atoms with Crippen LogP contribution in [-0.2, 0) is 5.41 Å². The summed E-state index contributed by atoms with van der Waals surface area (Å²) in [6.45, 7) is 1.61. The third-order valence-electron chi connectivity index (χ3n) is 7.66. The molecule has 1 heterocycles. The van der Waals surface area contributed by atoms with Gasteiger partial charge in [0.15, 0.2) is 17.2 Å². The van der Waals surface area contributed by atoms with Crippen LogP contribution < -0.4 is 10.1 Å². The van der Waals surface area contributed by atoms with Gasteiger partial charge in [0.25, 0.3) is 0 Å². The topological polar surface area (TPSA) is 67.3 Å². The summed E-state index contributed by atoms with van der Waals surface area (Å²) >= 11 is 0. The molecule has 2 aliphatic carbocycles. The maximum atomic E-state index is 14.9. The Morgan fingerprint density at radius 3 is 2.50 bits per heavy atom. The minimum Gasteiger partial charge on any atom is -0.493 e. The SMILES string of the molecule is COc1c(F)ccc2c1C1(CCCCC1)C[C@@](O)(C(F)(F)F)[C@H]2Nc1cc(F)cc2nc(C)ncc12. The molecule has 2 atom stereocenters. The van der Waals surface area contributed by atoms with Crippen molar-refractivity contribution in [1.82, 2.24) is 9.97 Å². The van der Waals surface area contributed by atoms with Crippen molar-refractivity contribution in [2.75, 3.05) is 12.4 Å². The normalized spacial score (nSPS) is 23.5. The van der Waals surface area contributed by atoms with Gasteiger partial charge in [0.2, 0.25) is 0 Å². The van der Waals surface area contributed by atoms with Crippen molar-refractivity contribution in [3.63, 3.8) is 0 Å². The van der Waals surface area contributed by atoms with E-state index in [1.807, 2.05) is 0 Å². The van der Waals surface area contributed by atoms with Crippen LogP contribution in [0.4, 0.5) is 27.6 Å². The summed E-state index contributed by atoms with van der Waals surface area (Å²) < 4.78 is 79.0. The van der Waals surface area contributed by atoms with Gasteiger partial charge < -0.3 is 15.2 Å². The highest BCUT2D eigenvalue weighted by molar-refractivity contribution is 5.91. The van der Waals surface area contributed by atoms with E-state index in [1.165, 1.54) is 19.4 Å². The molecule has 5 rings (SSSR count). The maximum Gasteiger partial charge on any atom is 0.419 e. The van der Waals surface area contributed by atoms with E-state index in [1.54, 1.807) is 6.92 Å². The van der Waals surface area contributed by atoms with E-state index in [4.69, 9.17) is 4.74 Å². The number of aromatic nitrogens is 2. The van der Waals surface area contributed by atoms with Gasteiger partial charge in [-0.05, 0) is 43.9 Å². The fraction of sp³-hybridized carbons (Fsp3) is 0.462. The van der Waals surface area contributed by atoms with E-state index in [0.717, 1.165) is 24.6 Å². The molecule has 0 aliphatic heterocycles. The number of anilines is 1. The van der Waals surface area contributed by atoms with Crippen molar-refractivity contribution in [3.05, 3.63) is 59.0 Å². The molecule has 2 aliphatic rings. The fourth-order valence-corrected chi connectivity index (χ4v) is 6.11. The number of nitrogens with zero attached hydrogens (tertiary/aromatic N) is 2. The Morgan fingerprint density at radius 1 is 1.11 bits per heavy atom. The number of rotatable bonds is 3. The Kier molecular flexibility index (Phi) is 5.85. The number of hydrogen-bond donors (Lipinski definition) is 2. The van der Waals surface area contributed by atoms with Crippen molar-refractivity contribution < 1.29 is 31.8 Å². The van der Waals surface area contributed by atoms with Crippen LogP contribution in [0, 0.1) is 18.6 Å². The predicted octanol–water partition coefficient (Wildman–Crippen LogP) is 6.28. The molecule has 0 saturated heterocycles. The first-order chi connectivity index (χ1) is 17.0. The van der Waals surface area contributed by atoms with Gasteiger partial charge >= 0.3 is 6.18 Å². The van der Waals surface area contributed by atoms with Crippen molar-refractivity contribution in [1.29, 1.82) is 0 Å². The van der Waals surface area contributed by atoms with Crippen LogP contribution in [0.25, 0.3) is 10.9 Å². The van der Waals surface area contributed by atoms with E-state index >= 15 is 0 Å². The zero-order valence-corrected chi connectivity index (χ0v) is 19.8. The Labute approximate surface area is 204 Å². The summed E-state index contributed by atoms with van der Waals surface area (Å²) in [7, 11) is 1.28. The van der Waals surface area contributed by atoms with Gasteiger partial charge in [0.05, 0.1) is 18.7 Å². The summed E-state index contributed by atoms with van der Waals surface area (Å²) in [6, 6.07) is 2.75. The first kappa shape index (κ1) is 24.7. The quantitative estimate of drug-likeness (QED) is 0.409. The second-order valence-corrected chi connectivity index (χ2v) is 9.87. The Bertz CT molecular complexity index is 1320. The van der Waals surface area contributed by atoms with E-state index in [0.29, 0.717) is 42.5 Å². The van der Waals surface area contributed by atoms with E-state index < -0.39 is 41.3 Å². The zero-order valence-electron chi connectivity index (χ0n) is 19.8. The fourth-order valence-electron chi connectivity index (χ4n) is 6.11. The lowest BCUT2D eigenvalue weighted by atomic mass is 9.56. The summed E-state index contributed by atoms with van der Waals surface area (Å²) in [5, 5.41) is 14.5. The minimum atomic E-state index is -5.04. The summed E-state index contributed by atoms with van der Waals surface area (Å²) in [4.78, 5) is 8.28. The Hall–Kier alpha value is -3.01. The molecule has 10 heteroatoms. The van der Waals surface area contributed by atoms with E-state index in [9.17, 15) is 27.1 Å². The molecule has 0 radical (unpaired) electrons. The van der Waals surface area contributed by atoms with Gasteiger partial charge in [0.1, 0.15) is 11.6 Å². The molecule has 1 saturated carbocycles. The van der Waals surface area contributed by atoms with E-state index in [2.05, 4.69) is 15.3 Å². The average molecular weight is 508 g/mol. The van der Waals surface area contributed by atoms with Crippen LogP contribution in [0.1, 0.15) is 61.5 Å². The molecule has 0 amide bonds. The van der Waals surface area contributed by atoms with Gasteiger partial charge in [-0.25, -0.2) is 18.7 Å². The number of aliphatic hydroxyl groups is 1. The van der Waals surface area contributed by atoms with Crippen LogP contribution in [0.2, 0.25) is 0 Å². The van der Waals surface area contributed by atoms with Crippen LogP contribution >= 0.6 is 0 Å².